The van der Waals surface area contributed by atoms with Gasteiger partial charge in [0.1, 0.15) is 11.9 Å². The van der Waals surface area contributed by atoms with Gasteiger partial charge in [-0.05, 0) is 56.4 Å². The molecule has 1 aromatic rings. The Hall–Kier alpha value is -2.31. The van der Waals surface area contributed by atoms with E-state index in [9.17, 15) is 14.0 Å². The van der Waals surface area contributed by atoms with E-state index in [0.717, 1.165) is 44.5 Å². The van der Waals surface area contributed by atoms with Crippen LogP contribution in [0, 0.1) is 5.82 Å². The number of likely N-dealkylation sites (tertiary alicyclic amines) is 1. The Morgan fingerprint density at radius 1 is 1.08 bits per heavy atom. The summed E-state index contributed by atoms with van der Waals surface area (Å²) in [5.41, 5.74) is 1.00. The van der Waals surface area contributed by atoms with E-state index >= 15 is 0 Å². The highest BCUT2D eigenvalue weighted by Gasteiger charge is 2.34. The molecule has 7 heteroatoms. The molecule has 26 heavy (non-hydrogen) atoms. The average molecular weight is 363 g/mol. The predicted octanol–water partition coefficient (Wildman–Crippen LogP) is 2.53. The molecular weight excluding hydrogens is 337 g/mol. The Kier molecular flexibility index (Phi) is 5.96. The van der Waals surface area contributed by atoms with Crippen LogP contribution < -0.4 is 10.2 Å². The molecule has 0 aromatic heterocycles. The second-order valence-electron chi connectivity index (χ2n) is 6.92. The largest absolute Gasteiger partial charge is 0.453 e. The number of benzene rings is 1. The summed E-state index contributed by atoms with van der Waals surface area (Å²) < 4.78 is 17.9. The number of ether oxygens (including phenoxy) is 1. The number of halogens is 1. The van der Waals surface area contributed by atoms with Crippen LogP contribution in [0.2, 0.25) is 0 Å². The molecule has 0 spiro atoms. The highest BCUT2D eigenvalue weighted by atomic mass is 19.1. The third-order valence-electron chi connectivity index (χ3n) is 5.25. The zero-order chi connectivity index (χ0) is 18.5. The second-order valence-corrected chi connectivity index (χ2v) is 6.92. The Balaban J connectivity index is 1.52. The topological polar surface area (TPSA) is 61.9 Å². The summed E-state index contributed by atoms with van der Waals surface area (Å²) in [7, 11) is 1.34. The average Bonchev–Trinajstić information content (AvgIpc) is 2.68. The first-order valence-corrected chi connectivity index (χ1v) is 9.24. The van der Waals surface area contributed by atoms with E-state index in [0.29, 0.717) is 13.0 Å². The molecule has 2 aliphatic rings. The predicted molar refractivity (Wildman–Crippen MR) is 96.5 cm³/mol. The Labute approximate surface area is 153 Å². The van der Waals surface area contributed by atoms with Crippen LogP contribution in [0.25, 0.3) is 0 Å². The fraction of sp³-hybridized carbons (Fsp3) is 0.579. The molecule has 2 fully saturated rings. The Morgan fingerprint density at radius 3 is 2.42 bits per heavy atom. The van der Waals surface area contributed by atoms with E-state index in [1.165, 1.54) is 24.1 Å². The summed E-state index contributed by atoms with van der Waals surface area (Å²) in [6.07, 6.45) is 3.73. The van der Waals surface area contributed by atoms with Crippen molar-refractivity contribution in [1.82, 2.24) is 10.2 Å². The number of nitrogens with zero attached hydrogens (tertiary/aromatic N) is 2. The van der Waals surface area contributed by atoms with Crippen LogP contribution in [0.3, 0.4) is 0 Å². The van der Waals surface area contributed by atoms with Crippen molar-refractivity contribution < 1.29 is 18.7 Å². The van der Waals surface area contributed by atoms with Crippen LogP contribution in [0.5, 0.6) is 0 Å². The number of hydrogen-bond donors (Lipinski definition) is 1. The standard InChI is InChI=1S/C19H26FN3O3/c1-26-19(25)23-11-3-2-4-17(23)18(24)21-15-9-12-22(13-10-15)16-7-5-14(20)6-8-16/h5-8,15,17H,2-4,9-13H2,1H3,(H,21,24)/t17-/m1/s1. The van der Waals surface area contributed by atoms with Crippen molar-refractivity contribution >= 4 is 17.7 Å². The van der Waals surface area contributed by atoms with Crippen LogP contribution in [0.4, 0.5) is 14.9 Å². The maximum Gasteiger partial charge on any atom is 0.410 e. The van der Waals surface area contributed by atoms with Crippen molar-refractivity contribution in [2.24, 2.45) is 0 Å². The van der Waals surface area contributed by atoms with E-state index < -0.39 is 12.1 Å². The van der Waals surface area contributed by atoms with Crippen LogP contribution in [0.1, 0.15) is 32.1 Å². The van der Waals surface area contributed by atoms with Gasteiger partial charge in [0.15, 0.2) is 0 Å². The third kappa shape index (κ3) is 4.26. The fourth-order valence-electron chi connectivity index (χ4n) is 3.77. The minimum atomic E-state index is -0.439. The van der Waals surface area contributed by atoms with Crippen molar-refractivity contribution in [2.45, 2.75) is 44.2 Å². The van der Waals surface area contributed by atoms with Crippen molar-refractivity contribution in [2.75, 3.05) is 31.6 Å². The number of rotatable bonds is 3. The first-order chi connectivity index (χ1) is 12.6. The molecule has 1 aromatic carbocycles. The van der Waals surface area contributed by atoms with E-state index in [1.54, 1.807) is 12.1 Å². The van der Waals surface area contributed by atoms with Gasteiger partial charge in [0.05, 0.1) is 7.11 Å². The Morgan fingerprint density at radius 2 is 1.77 bits per heavy atom. The van der Waals surface area contributed by atoms with Gasteiger partial charge in [0.2, 0.25) is 5.91 Å². The smallest absolute Gasteiger partial charge is 0.410 e. The quantitative estimate of drug-likeness (QED) is 0.896. The van der Waals surface area contributed by atoms with Gasteiger partial charge in [-0.2, -0.15) is 0 Å². The number of carbonyl (C=O) groups is 2. The zero-order valence-electron chi connectivity index (χ0n) is 15.1. The van der Waals surface area contributed by atoms with Crippen molar-refractivity contribution in [3.8, 4) is 0 Å². The third-order valence-corrected chi connectivity index (χ3v) is 5.25. The van der Waals surface area contributed by atoms with Crippen LogP contribution in [0.15, 0.2) is 24.3 Å². The number of nitrogens with one attached hydrogen (secondary N) is 1. The fourth-order valence-corrected chi connectivity index (χ4v) is 3.77. The SMILES string of the molecule is COC(=O)N1CCCC[C@@H]1C(=O)NC1CCN(c2ccc(F)cc2)CC1. The lowest BCUT2D eigenvalue weighted by atomic mass is 9.99. The number of carbonyl (C=O) groups excluding carboxylic acids is 2. The molecule has 1 atom stereocenters. The van der Waals surface area contributed by atoms with Crippen molar-refractivity contribution in [3.05, 3.63) is 30.1 Å². The molecule has 3 rings (SSSR count). The van der Waals surface area contributed by atoms with Crippen molar-refractivity contribution in [3.63, 3.8) is 0 Å². The van der Waals surface area contributed by atoms with Gasteiger partial charge >= 0.3 is 6.09 Å². The molecule has 6 nitrogen and oxygen atoms in total. The zero-order valence-corrected chi connectivity index (χ0v) is 15.1. The van der Waals surface area contributed by atoms with Gasteiger partial charge in [0.25, 0.3) is 0 Å². The van der Waals surface area contributed by atoms with Crippen LogP contribution in [-0.2, 0) is 9.53 Å². The summed E-state index contributed by atoms with van der Waals surface area (Å²) in [6, 6.07) is 6.16. The van der Waals surface area contributed by atoms with E-state index in [2.05, 4.69) is 10.2 Å². The van der Waals surface area contributed by atoms with Crippen molar-refractivity contribution in [1.29, 1.82) is 0 Å². The maximum absolute atomic E-state index is 13.0. The van der Waals surface area contributed by atoms with Gasteiger partial charge in [-0.15, -0.1) is 0 Å². The molecule has 2 heterocycles. The molecule has 0 radical (unpaired) electrons. The minimum absolute atomic E-state index is 0.0877. The molecule has 2 amide bonds. The molecule has 0 aliphatic carbocycles. The van der Waals surface area contributed by atoms with Gasteiger partial charge in [0, 0.05) is 31.4 Å². The molecule has 1 N–H and O–H groups in total. The number of anilines is 1. The van der Waals surface area contributed by atoms with Gasteiger partial charge < -0.3 is 15.0 Å². The first-order valence-electron chi connectivity index (χ1n) is 9.24. The lowest BCUT2D eigenvalue weighted by molar-refractivity contribution is -0.127. The highest BCUT2D eigenvalue weighted by Crippen LogP contribution is 2.22. The molecule has 0 bridgehead atoms. The first kappa shape index (κ1) is 18.5. The lowest BCUT2D eigenvalue weighted by Crippen LogP contribution is -2.55. The highest BCUT2D eigenvalue weighted by molar-refractivity contribution is 5.86. The normalized spacial score (nSPS) is 21.4. The monoisotopic (exact) mass is 363 g/mol. The summed E-state index contributed by atoms with van der Waals surface area (Å²) in [4.78, 5) is 28.3. The summed E-state index contributed by atoms with van der Waals surface area (Å²) >= 11 is 0. The number of piperidine rings is 2. The minimum Gasteiger partial charge on any atom is -0.453 e. The number of amides is 2. The van der Waals surface area contributed by atoms with Crippen LogP contribution >= 0.6 is 0 Å². The van der Waals surface area contributed by atoms with E-state index in [4.69, 9.17) is 4.74 Å². The molecule has 0 saturated carbocycles. The number of methoxy groups -OCH3 is 1. The van der Waals surface area contributed by atoms with E-state index in [1.807, 2.05) is 0 Å². The van der Waals surface area contributed by atoms with Crippen LogP contribution in [-0.4, -0.2) is 55.7 Å². The summed E-state index contributed by atoms with van der Waals surface area (Å²) in [5, 5.41) is 3.10. The lowest BCUT2D eigenvalue weighted by Gasteiger charge is -2.37. The molecule has 142 valence electrons. The molecular formula is C19H26FN3O3. The molecule has 2 saturated heterocycles. The molecule has 2 aliphatic heterocycles. The second kappa shape index (κ2) is 8.38. The van der Waals surface area contributed by atoms with Gasteiger partial charge in [-0.25, -0.2) is 9.18 Å². The van der Waals surface area contributed by atoms with Gasteiger partial charge in [-0.1, -0.05) is 0 Å². The molecule has 0 unspecified atom stereocenters. The summed E-state index contributed by atoms with van der Waals surface area (Å²) in [5.74, 6) is -0.325. The van der Waals surface area contributed by atoms with Gasteiger partial charge in [-0.3, -0.25) is 9.69 Å². The Bertz CT molecular complexity index is 629. The number of hydrogen-bond acceptors (Lipinski definition) is 4. The van der Waals surface area contributed by atoms with E-state index in [-0.39, 0.29) is 17.8 Å². The maximum atomic E-state index is 13.0. The summed E-state index contributed by atoms with van der Waals surface area (Å²) in [6.45, 7) is 2.18.